The molecule has 0 radical (unpaired) electrons. The molecular weight excluding hydrogens is 180 g/mol. The molecule has 0 bridgehead atoms. The Bertz CT molecular complexity index is 140. The van der Waals surface area contributed by atoms with Crippen LogP contribution in [-0.4, -0.2) is 18.3 Å². The second-order valence-electron chi connectivity index (χ2n) is 1.47. The predicted molar refractivity (Wildman–Crippen MR) is 44.5 cm³/mol. The van der Waals surface area contributed by atoms with Gasteiger partial charge in [-0.3, -0.25) is 0 Å². The van der Waals surface area contributed by atoms with Gasteiger partial charge in [-0.25, -0.2) is 4.99 Å². The molecule has 2 nitrogen and oxygen atoms in total. The van der Waals surface area contributed by atoms with Crippen LogP contribution in [0.15, 0.2) is 29.0 Å². The third kappa shape index (κ3) is 5.30. The first-order valence-corrected chi connectivity index (χ1v) is 3.19. The van der Waals surface area contributed by atoms with Crippen LogP contribution in [0.3, 0.4) is 0 Å². The standard InChI is InChI=1S/C6H9BrN2/c1-4-9(3)5-8-6(2)7/h4-5H,1-2H2,3H3. The van der Waals surface area contributed by atoms with E-state index in [-0.39, 0.29) is 0 Å². The van der Waals surface area contributed by atoms with Crippen molar-refractivity contribution in [2.75, 3.05) is 7.05 Å². The van der Waals surface area contributed by atoms with Crippen LogP contribution >= 0.6 is 15.9 Å². The Hall–Kier alpha value is -0.570. The van der Waals surface area contributed by atoms with Gasteiger partial charge < -0.3 is 4.90 Å². The van der Waals surface area contributed by atoms with Crippen molar-refractivity contribution in [3.05, 3.63) is 24.0 Å². The van der Waals surface area contributed by atoms with E-state index in [0.29, 0.717) is 4.61 Å². The Morgan fingerprint density at radius 3 is 2.67 bits per heavy atom. The van der Waals surface area contributed by atoms with E-state index in [1.807, 2.05) is 7.05 Å². The van der Waals surface area contributed by atoms with E-state index in [9.17, 15) is 0 Å². The van der Waals surface area contributed by atoms with Gasteiger partial charge in [0.2, 0.25) is 0 Å². The van der Waals surface area contributed by atoms with Crippen molar-refractivity contribution in [3.8, 4) is 0 Å². The Balaban J connectivity index is 3.69. The van der Waals surface area contributed by atoms with Crippen LogP contribution < -0.4 is 0 Å². The minimum absolute atomic E-state index is 0.608. The first kappa shape index (κ1) is 8.43. The third-order valence-electron chi connectivity index (χ3n) is 0.668. The van der Waals surface area contributed by atoms with Crippen LogP contribution in [0.1, 0.15) is 0 Å². The third-order valence-corrected chi connectivity index (χ3v) is 0.873. The number of nitrogens with zero attached hydrogens (tertiary/aromatic N) is 2. The van der Waals surface area contributed by atoms with E-state index in [1.54, 1.807) is 17.4 Å². The molecule has 0 aliphatic heterocycles. The summed E-state index contributed by atoms with van der Waals surface area (Å²) in [5.74, 6) is 0. The zero-order valence-corrected chi connectivity index (χ0v) is 6.93. The van der Waals surface area contributed by atoms with Crippen LogP contribution in [0.25, 0.3) is 0 Å². The van der Waals surface area contributed by atoms with Crippen LogP contribution in [0.5, 0.6) is 0 Å². The molecule has 0 unspecified atom stereocenters. The lowest BCUT2D eigenvalue weighted by atomic mass is 10.8. The topological polar surface area (TPSA) is 15.6 Å². The van der Waals surface area contributed by atoms with Crippen LogP contribution in [0.4, 0.5) is 0 Å². The van der Waals surface area contributed by atoms with Crippen LogP contribution in [0.2, 0.25) is 0 Å². The van der Waals surface area contributed by atoms with E-state index < -0.39 is 0 Å². The Morgan fingerprint density at radius 1 is 1.78 bits per heavy atom. The highest BCUT2D eigenvalue weighted by molar-refractivity contribution is 9.11. The first-order chi connectivity index (χ1) is 4.16. The summed E-state index contributed by atoms with van der Waals surface area (Å²) in [7, 11) is 1.84. The summed E-state index contributed by atoms with van der Waals surface area (Å²) in [5.41, 5.74) is 0. The van der Waals surface area contributed by atoms with Gasteiger partial charge in [0.1, 0.15) is 4.61 Å². The summed E-state index contributed by atoms with van der Waals surface area (Å²) in [6.45, 7) is 7.05. The fourth-order valence-corrected chi connectivity index (χ4v) is 0.292. The van der Waals surface area contributed by atoms with Gasteiger partial charge in [0.25, 0.3) is 0 Å². The van der Waals surface area contributed by atoms with Gasteiger partial charge in [-0.05, 0) is 22.1 Å². The monoisotopic (exact) mass is 188 g/mol. The predicted octanol–water partition coefficient (Wildman–Crippen LogP) is 1.96. The maximum absolute atomic E-state index is 3.85. The second kappa shape index (κ2) is 4.32. The van der Waals surface area contributed by atoms with Gasteiger partial charge in [-0.2, -0.15) is 0 Å². The number of rotatable bonds is 3. The lowest BCUT2D eigenvalue weighted by molar-refractivity contribution is 0.713. The fraction of sp³-hybridized carbons (Fsp3) is 0.167. The molecule has 0 atom stereocenters. The molecule has 9 heavy (non-hydrogen) atoms. The smallest absolute Gasteiger partial charge is 0.100 e. The van der Waals surface area contributed by atoms with E-state index in [0.717, 1.165) is 0 Å². The highest BCUT2D eigenvalue weighted by atomic mass is 79.9. The van der Waals surface area contributed by atoms with Gasteiger partial charge in [0.05, 0.1) is 6.34 Å². The average molecular weight is 189 g/mol. The maximum atomic E-state index is 3.85. The van der Waals surface area contributed by atoms with Crippen molar-refractivity contribution >= 4 is 22.3 Å². The van der Waals surface area contributed by atoms with Crippen molar-refractivity contribution in [2.45, 2.75) is 0 Å². The highest BCUT2D eigenvalue weighted by Gasteiger charge is 1.79. The molecule has 0 rings (SSSR count). The van der Waals surface area contributed by atoms with Gasteiger partial charge in [-0.1, -0.05) is 13.2 Å². The van der Waals surface area contributed by atoms with E-state index in [4.69, 9.17) is 0 Å². The molecule has 0 amide bonds. The Kier molecular flexibility index (Phi) is 4.05. The summed E-state index contributed by atoms with van der Waals surface area (Å²) in [6, 6.07) is 0. The summed E-state index contributed by atoms with van der Waals surface area (Å²) < 4.78 is 0.608. The van der Waals surface area contributed by atoms with Gasteiger partial charge in [-0.15, -0.1) is 0 Å². The molecule has 0 saturated heterocycles. The van der Waals surface area contributed by atoms with E-state index >= 15 is 0 Å². The second-order valence-corrected chi connectivity index (χ2v) is 2.38. The number of aliphatic imine (C=N–C) groups is 1. The largest absolute Gasteiger partial charge is 0.343 e. The van der Waals surface area contributed by atoms with Crippen molar-refractivity contribution in [3.63, 3.8) is 0 Å². The molecular formula is C6H9BrN2. The van der Waals surface area contributed by atoms with Gasteiger partial charge in [0.15, 0.2) is 0 Å². The number of halogens is 1. The zero-order chi connectivity index (χ0) is 7.28. The molecule has 0 aliphatic rings. The summed E-state index contributed by atoms with van der Waals surface area (Å²) >= 11 is 3.08. The Morgan fingerprint density at radius 2 is 2.33 bits per heavy atom. The molecule has 0 N–H and O–H groups in total. The summed E-state index contributed by atoms with van der Waals surface area (Å²) in [5, 5.41) is 0. The molecule has 0 aliphatic carbocycles. The highest BCUT2D eigenvalue weighted by Crippen LogP contribution is 1.99. The van der Waals surface area contributed by atoms with E-state index in [1.165, 1.54) is 0 Å². The lowest BCUT2D eigenvalue weighted by Crippen LogP contribution is -2.05. The molecule has 0 aromatic heterocycles. The number of hydrogen-bond donors (Lipinski definition) is 0. The van der Waals surface area contributed by atoms with Crippen molar-refractivity contribution in [1.82, 2.24) is 4.90 Å². The number of hydrogen-bond acceptors (Lipinski definition) is 1. The summed E-state index contributed by atoms with van der Waals surface area (Å²) in [6.07, 6.45) is 3.27. The fourth-order valence-electron chi connectivity index (χ4n) is 0.201. The lowest BCUT2D eigenvalue weighted by Gasteiger charge is -2.02. The molecule has 0 spiro atoms. The molecule has 0 aromatic carbocycles. The van der Waals surface area contributed by atoms with Crippen LogP contribution in [-0.2, 0) is 0 Å². The quantitative estimate of drug-likeness (QED) is 0.376. The SMILES string of the molecule is C=CN(C)C=NC(=C)Br. The summed E-state index contributed by atoms with van der Waals surface area (Å²) in [4.78, 5) is 5.58. The molecule has 0 heterocycles. The van der Waals surface area contributed by atoms with Crippen molar-refractivity contribution < 1.29 is 0 Å². The molecule has 0 saturated carbocycles. The molecule has 50 valence electrons. The van der Waals surface area contributed by atoms with E-state index in [2.05, 4.69) is 34.1 Å². The van der Waals surface area contributed by atoms with Crippen LogP contribution in [0, 0.1) is 0 Å². The minimum Gasteiger partial charge on any atom is -0.343 e. The van der Waals surface area contributed by atoms with Crippen molar-refractivity contribution in [1.29, 1.82) is 0 Å². The minimum atomic E-state index is 0.608. The maximum Gasteiger partial charge on any atom is 0.100 e. The normalized spacial score (nSPS) is 9.56. The van der Waals surface area contributed by atoms with Crippen molar-refractivity contribution in [2.24, 2.45) is 4.99 Å². The molecule has 3 heteroatoms. The zero-order valence-electron chi connectivity index (χ0n) is 5.34. The van der Waals surface area contributed by atoms with Gasteiger partial charge in [0, 0.05) is 7.05 Å². The first-order valence-electron chi connectivity index (χ1n) is 2.40. The molecule has 0 fully saturated rings. The average Bonchev–Trinajstić information content (AvgIpc) is 1.83. The molecule has 0 aromatic rings. The van der Waals surface area contributed by atoms with Gasteiger partial charge >= 0.3 is 0 Å². The Labute approximate surface area is 63.7 Å².